The van der Waals surface area contributed by atoms with Crippen LogP contribution < -0.4 is 5.19 Å². The van der Waals surface area contributed by atoms with Crippen LogP contribution >= 0.6 is 0 Å². The van der Waals surface area contributed by atoms with Crippen molar-refractivity contribution in [1.29, 1.82) is 0 Å². The molecule has 0 spiro atoms. The van der Waals surface area contributed by atoms with Gasteiger partial charge < -0.3 is 4.42 Å². The van der Waals surface area contributed by atoms with Crippen molar-refractivity contribution in [2.24, 2.45) is 0 Å². The van der Waals surface area contributed by atoms with Gasteiger partial charge in [0, 0.05) is 22.3 Å². The van der Waals surface area contributed by atoms with E-state index in [-0.39, 0.29) is 47.0 Å². The largest absolute Gasteiger partial charge is 0.436 e. The monoisotopic (exact) mass is 730 g/mol. The molecule has 0 N–H and O–H groups in total. The molecular weight excluding hydrogens is 689 g/mol. The predicted octanol–water partition coefficient (Wildman–Crippen LogP) is 12.2. The predicted molar refractivity (Wildman–Crippen MR) is 228 cm³/mol. The van der Waals surface area contributed by atoms with Crippen molar-refractivity contribution < 1.29 is 9.90 Å². The van der Waals surface area contributed by atoms with Crippen LogP contribution in [0, 0.1) is 0 Å². The number of rotatable bonds is 8. The Hall–Kier alpha value is -6.76. The quantitative estimate of drug-likeness (QED) is 0.146. The van der Waals surface area contributed by atoms with Crippen molar-refractivity contribution in [3.05, 3.63) is 176 Å². The number of oxazole rings is 1. The molecule has 0 unspecified atom stereocenters. The number of fused-ring (bicyclic) bond motifs is 1. The van der Waals surface area contributed by atoms with Crippen molar-refractivity contribution in [2.45, 2.75) is 19.6 Å². The summed E-state index contributed by atoms with van der Waals surface area (Å²) in [6.45, 7) is 7.09. The molecule has 6 heteroatoms. The van der Waals surface area contributed by atoms with Gasteiger partial charge in [0.2, 0.25) is 5.89 Å². The van der Waals surface area contributed by atoms with Gasteiger partial charge in [-0.25, -0.2) is 19.9 Å². The molecule has 0 fully saturated rings. The molecule has 5 nitrogen and oxygen atoms in total. The molecule has 7 aromatic carbocycles. The maximum Gasteiger partial charge on any atom is 0.227 e. The molecule has 2 heterocycles. The van der Waals surface area contributed by atoms with Gasteiger partial charge in [0.15, 0.2) is 23.1 Å². The van der Waals surface area contributed by atoms with Gasteiger partial charge in [-0.15, -0.1) is 0 Å². The molecule has 2 aromatic heterocycles. The van der Waals surface area contributed by atoms with Crippen LogP contribution in [-0.2, 0) is 0 Å². The molecule has 0 aliphatic heterocycles. The summed E-state index contributed by atoms with van der Waals surface area (Å²) in [5, 5.41) is 1.45. The Kier molecular flexibility index (Phi) is 7.68. The molecule has 9 aromatic rings. The van der Waals surface area contributed by atoms with Gasteiger partial charge in [-0.3, -0.25) is 0 Å². The van der Waals surface area contributed by atoms with E-state index in [1.807, 2.05) is 60.7 Å². The molecule has 0 bridgehead atoms. The second kappa shape index (κ2) is 14.2. The Morgan fingerprint density at radius 3 is 1.47 bits per heavy atom. The summed E-state index contributed by atoms with van der Waals surface area (Å²) in [5.74, 6) is 0.711. The highest BCUT2D eigenvalue weighted by atomic mass is 28.3. The number of hydrogen-bond acceptors (Lipinski definition) is 5. The van der Waals surface area contributed by atoms with Crippen LogP contribution in [0.1, 0.15) is 5.48 Å². The fraction of sp³-hybridized carbons (Fsp3) is 0.0612. The summed E-state index contributed by atoms with van der Waals surface area (Å²) in [7, 11) is -1.36. The van der Waals surface area contributed by atoms with E-state index < -0.39 is 8.07 Å². The summed E-state index contributed by atoms with van der Waals surface area (Å²) in [6, 6.07) is 49.4. The molecule has 0 aliphatic rings. The minimum atomic E-state index is -1.36. The molecule has 0 aliphatic carbocycles. The maximum absolute atomic E-state index is 9.11. The first kappa shape index (κ1) is 29.7. The van der Waals surface area contributed by atoms with E-state index in [0.29, 0.717) is 33.9 Å². The van der Waals surface area contributed by atoms with E-state index >= 15 is 0 Å². The van der Waals surface area contributed by atoms with Gasteiger partial charge in [0.05, 0.1) is 13.6 Å². The van der Waals surface area contributed by atoms with Crippen molar-refractivity contribution in [3.63, 3.8) is 0 Å². The van der Waals surface area contributed by atoms with Crippen LogP contribution in [0.4, 0.5) is 0 Å². The van der Waals surface area contributed by atoms with Gasteiger partial charge in [-0.1, -0.05) is 164 Å². The normalized spacial score (nSPS) is 12.6. The summed E-state index contributed by atoms with van der Waals surface area (Å²) in [6.07, 6.45) is 0. The van der Waals surface area contributed by atoms with E-state index in [1.54, 1.807) is 18.2 Å². The lowest BCUT2D eigenvalue weighted by molar-refractivity contribution is 0.620. The number of hydrogen-bond donors (Lipinski definition) is 0. The first-order valence-electron chi connectivity index (χ1n) is 20.2. The zero-order chi connectivity index (χ0) is 40.8. The van der Waals surface area contributed by atoms with E-state index in [0.717, 1.165) is 22.3 Å². The molecule has 0 saturated heterocycles. The van der Waals surface area contributed by atoms with Crippen molar-refractivity contribution in [2.75, 3.05) is 0 Å². The zero-order valence-corrected chi connectivity index (χ0v) is 31.6. The third-order valence-electron chi connectivity index (χ3n) is 9.64. The van der Waals surface area contributed by atoms with Gasteiger partial charge >= 0.3 is 0 Å². The van der Waals surface area contributed by atoms with Gasteiger partial charge in [-0.2, -0.15) is 0 Å². The van der Waals surface area contributed by atoms with E-state index in [4.69, 9.17) is 24.9 Å². The van der Waals surface area contributed by atoms with Crippen LogP contribution in [0.25, 0.3) is 90.1 Å². The van der Waals surface area contributed by atoms with E-state index in [1.165, 1.54) is 16.3 Å². The average Bonchev–Trinajstić information content (AvgIpc) is 3.70. The van der Waals surface area contributed by atoms with Gasteiger partial charge in [0.25, 0.3) is 0 Å². The topological polar surface area (TPSA) is 64.7 Å². The third-order valence-corrected chi connectivity index (χ3v) is 11.7. The first-order valence-corrected chi connectivity index (χ1v) is 21.7. The summed E-state index contributed by atoms with van der Waals surface area (Å²) in [5.41, 5.74) is 8.95. The summed E-state index contributed by atoms with van der Waals surface area (Å²) >= 11 is 0. The molecule has 0 atom stereocenters. The molecule has 0 saturated carbocycles. The van der Waals surface area contributed by atoms with Crippen molar-refractivity contribution in [3.8, 4) is 79.0 Å². The Balaban J connectivity index is 1.08. The lowest BCUT2D eigenvalue weighted by Gasteiger charge is -2.16. The highest BCUT2D eigenvalue weighted by molar-refractivity contribution is 6.88. The van der Waals surface area contributed by atoms with Crippen LogP contribution in [-0.4, -0.2) is 28.0 Å². The highest BCUT2D eigenvalue weighted by Crippen LogP contribution is 2.32. The lowest BCUT2D eigenvalue weighted by Crippen LogP contribution is -2.37. The number of benzene rings is 7. The van der Waals surface area contributed by atoms with Gasteiger partial charge in [0.1, 0.15) is 5.52 Å². The number of nitrogens with zero attached hydrogens (tertiary/aromatic N) is 4. The molecule has 9 rings (SSSR count). The Labute approximate surface area is 327 Å². The number of para-hydroxylation sites is 2. The maximum atomic E-state index is 9.11. The van der Waals surface area contributed by atoms with Crippen LogP contribution in [0.5, 0.6) is 0 Å². The van der Waals surface area contributed by atoms with Crippen LogP contribution in [0.15, 0.2) is 180 Å². The smallest absolute Gasteiger partial charge is 0.227 e. The Morgan fingerprint density at radius 2 is 0.855 bits per heavy atom. The van der Waals surface area contributed by atoms with E-state index in [9.17, 15) is 0 Å². The standard InChI is InChI=1S/C49H38N4OSi/c1-55(2,3)43-29-27-34(28-30-43)33-19-21-35(22-20-33)39-13-9-14-40(31-39)41-15-10-16-42(32-41)48-52-46(36-11-5-4-6-12-36)51-47(53-48)37-23-25-38(26-24-37)49-50-44-17-7-8-18-45(44)54-49/h4-32H,1-3H3/i23D,24D,25D,26D. The van der Waals surface area contributed by atoms with E-state index in [2.05, 4.69) is 97.4 Å². The molecular formula is C49H38N4OSi. The minimum Gasteiger partial charge on any atom is -0.436 e. The highest BCUT2D eigenvalue weighted by Gasteiger charge is 2.17. The summed E-state index contributed by atoms with van der Waals surface area (Å²) < 4.78 is 42.1. The fourth-order valence-electron chi connectivity index (χ4n) is 6.58. The number of aromatic nitrogens is 4. The third kappa shape index (κ3) is 7.15. The first-order chi connectivity index (χ1) is 28.5. The fourth-order valence-corrected chi connectivity index (χ4v) is 7.74. The summed E-state index contributed by atoms with van der Waals surface area (Å²) in [4.78, 5) is 18.9. The molecule has 264 valence electrons. The van der Waals surface area contributed by atoms with Crippen molar-refractivity contribution >= 4 is 24.4 Å². The lowest BCUT2D eigenvalue weighted by atomic mass is 9.96. The van der Waals surface area contributed by atoms with Crippen molar-refractivity contribution in [1.82, 2.24) is 19.9 Å². The molecule has 0 amide bonds. The van der Waals surface area contributed by atoms with Gasteiger partial charge in [-0.05, 0) is 69.7 Å². The SMILES string of the molecule is [2H]c1c([2H])c(-c2nc3ccccc3o2)c([2H])c([2H])c1-c1nc(-c2ccccc2)nc(-c2cccc(-c3cccc(-c4ccc(-c5ccc([Si](C)(C)C)cc5)cc4)c3)c2)n1. The van der Waals surface area contributed by atoms with Crippen LogP contribution in [0.3, 0.4) is 0 Å². The molecule has 0 radical (unpaired) electrons. The Morgan fingerprint density at radius 1 is 0.400 bits per heavy atom. The Bertz CT molecular complexity index is 2960. The minimum absolute atomic E-state index is 0.0111. The van der Waals surface area contributed by atoms with Crippen LogP contribution in [0.2, 0.25) is 19.6 Å². The average molecular weight is 731 g/mol. The molecule has 55 heavy (non-hydrogen) atoms. The second-order valence-electron chi connectivity index (χ2n) is 14.5. The zero-order valence-electron chi connectivity index (χ0n) is 34.6. The second-order valence-corrected chi connectivity index (χ2v) is 19.6.